The van der Waals surface area contributed by atoms with Gasteiger partial charge in [-0.2, -0.15) is 0 Å². The van der Waals surface area contributed by atoms with E-state index in [1.165, 1.54) is 25.8 Å². The molecule has 0 amide bonds. The molecule has 4 atom stereocenters. The summed E-state index contributed by atoms with van der Waals surface area (Å²) in [4.78, 5) is 2.74. The Kier molecular flexibility index (Phi) is 3.41. The minimum absolute atomic E-state index is 0.361. The molecule has 2 saturated heterocycles. The average Bonchev–Trinajstić information content (AvgIpc) is 3.09. The lowest BCUT2D eigenvalue weighted by atomic mass is 9.88. The number of hydrogen-bond donors (Lipinski definition) is 1. The van der Waals surface area contributed by atoms with Gasteiger partial charge in [-0.1, -0.05) is 0 Å². The molecule has 3 heteroatoms. The Bertz CT molecular complexity index is 299. The highest BCUT2D eigenvalue weighted by atomic mass is 16.5. The number of ether oxygens (including phenoxy) is 1. The highest BCUT2D eigenvalue weighted by molar-refractivity contribution is 5.04. The average molecular weight is 252 g/mol. The summed E-state index contributed by atoms with van der Waals surface area (Å²) in [5, 5.41) is 3.81. The Balaban J connectivity index is 1.68. The van der Waals surface area contributed by atoms with Crippen molar-refractivity contribution in [1.82, 2.24) is 10.2 Å². The number of piperazine rings is 1. The molecule has 0 bridgehead atoms. The van der Waals surface area contributed by atoms with Crippen LogP contribution in [0.15, 0.2) is 0 Å². The molecule has 0 radical (unpaired) electrons. The van der Waals surface area contributed by atoms with E-state index in [2.05, 4.69) is 31.0 Å². The number of nitrogens with one attached hydrogen (secondary N) is 1. The van der Waals surface area contributed by atoms with Crippen LogP contribution in [0.3, 0.4) is 0 Å². The third-order valence-electron chi connectivity index (χ3n) is 5.53. The topological polar surface area (TPSA) is 24.5 Å². The van der Waals surface area contributed by atoms with Crippen molar-refractivity contribution in [1.29, 1.82) is 0 Å². The number of hydrogen-bond acceptors (Lipinski definition) is 3. The molecule has 2 heterocycles. The summed E-state index contributed by atoms with van der Waals surface area (Å²) in [6.07, 6.45) is 4.09. The Morgan fingerprint density at radius 1 is 1.33 bits per heavy atom. The maximum absolute atomic E-state index is 5.57. The molecule has 1 saturated carbocycles. The Labute approximate surface area is 111 Å². The summed E-state index contributed by atoms with van der Waals surface area (Å²) in [5.74, 6) is 1.66. The maximum Gasteiger partial charge on any atom is 0.0509 e. The third kappa shape index (κ3) is 2.33. The van der Waals surface area contributed by atoms with E-state index in [1.54, 1.807) is 0 Å². The van der Waals surface area contributed by atoms with Crippen LogP contribution in [0, 0.1) is 11.8 Å². The Morgan fingerprint density at radius 3 is 2.72 bits per heavy atom. The van der Waals surface area contributed by atoms with Crippen molar-refractivity contribution in [2.45, 2.75) is 57.7 Å². The predicted molar refractivity (Wildman–Crippen MR) is 73.7 cm³/mol. The van der Waals surface area contributed by atoms with Gasteiger partial charge >= 0.3 is 0 Å². The summed E-state index contributed by atoms with van der Waals surface area (Å²) in [6.45, 7) is 11.5. The molecular weight excluding hydrogens is 224 g/mol. The van der Waals surface area contributed by atoms with E-state index < -0.39 is 0 Å². The van der Waals surface area contributed by atoms with E-state index in [4.69, 9.17) is 4.74 Å². The molecule has 104 valence electrons. The van der Waals surface area contributed by atoms with Gasteiger partial charge < -0.3 is 10.1 Å². The van der Waals surface area contributed by atoms with Gasteiger partial charge in [0.15, 0.2) is 0 Å². The van der Waals surface area contributed by atoms with Crippen LogP contribution in [-0.4, -0.2) is 48.8 Å². The van der Waals surface area contributed by atoms with Crippen LogP contribution in [0.4, 0.5) is 0 Å². The van der Waals surface area contributed by atoms with E-state index in [1.807, 2.05) is 0 Å². The molecule has 0 spiro atoms. The van der Waals surface area contributed by atoms with Crippen molar-refractivity contribution in [2.24, 2.45) is 11.8 Å². The van der Waals surface area contributed by atoms with Crippen molar-refractivity contribution in [2.75, 3.05) is 26.3 Å². The second kappa shape index (κ2) is 4.77. The van der Waals surface area contributed by atoms with E-state index in [9.17, 15) is 0 Å². The van der Waals surface area contributed by atoms with Gasteiger partial charge in [-0.3, -0.25) is 4.90 Å². The Morgan fingerprint density at radius 2 is 2.11 bits per heavy atom. The molecule has 2 aliphatic heterocycles. The molecule has 1 N–H and O–H groups in total. The molecule has 3 rings (SSSR count). The molecule has 0 aromatic heterocycles. The smallest absolute Gasteiger partial charge is 0.0509 e. The summed E-state index contributed by atoms with van der Waals surface area (Å²) in [7, 11) is 0. The standard InChI is InChI=1S/C15H28N2O/c1-11-8-16-15(3,14-4-5-14)10-17(11)12(2)13-6-7-18-9-13/h11-14,16H,4-10H2,1-3H3. The molecule has 1 aliphatic carbocycles. The minimum Gasteiger partial charge on any atom is -0.381 e. The van der Waals surface area contributed by atoms with E-state index in [0.29, 0.717) is 17.6 Å². The molecular formula is C15H28N2O. The fourth-order valence-corrected chi connectivity index (χ4v) is 3.83. The highest BCUT2D eigenvalue weighted by Crippen LogP contribution is 2.42. The maximum atomic E-state index is 5.57. The second-order valence-electron chi connectivity index (χ2n) is 6.96. The van der Waals surface area contributed by atoms with Crippen LogP contribution < -0.4 is 5.32 Å². The third-order valence-corrected chi connectivity index (χ3v) is 5.53. The van der Waals surface area contributed by atoms with Crippen molar-refractivity contribution in [3.05, 3.63) is 0 Å². The summed E-state index contributed by atoms with van der Waals surface area (Å²) >= 11 is 0. The molecule has 0 aromatic carbocycles. The normalized spacial score (nSPS) is 44.2. The van der Waals surface area contributed by atoms with Crippen LogP contribution in [0.5, 0.6) is 0 Å². The van der Waals surface area contributed by atoms with Crippen LogP contribution in [0.2, 0.25) is 0 Å². The van der Waals surface area contributed by atoms with Crippen LogP contribution in [-0.2, 0) is 4.74 Å². The lowest BCUT2D eigenvalue weighted by molar-refractivity contribution is 0.0272. The van der Waals surface area contributed by atoms with Gasteiger partial charge in [-0.05, 0) is 51.9 Å². The van der Waals surface area contributed by atoms with Crippen LogP contribution in [0.25, 0.3) is 0 Å². The lowest BCUT2D eigenvalue weighted by Crippen LogP contribution is -2.65. The summed E-state index contributed by atoms with van der Waals surface area (Å²) in [5.41, 5.74) is 0.361. The first kappa shape index (κ1) is 12.9. The number of rotatable bonds is 3. The first-order chi connectivity index (χ1) is 8.60. The first-order valence-electron chi connectivity index (χ1n) is 7.69. The van der Waals surface area contributed by atoms with E-state index in [-0.39, 0.29) is 0 Å². The number of nitrogens with zero attached hydrogens (tertiary/aromatic N) is 1. The molecule has 3 aliphatic rings. The second-order valence-corrected chi connectivity index (χ2v) is 6.96. The van der Waals surface area contributed by atoms with Gasteiger partial charge in [-0.25, -0.2) is 0 Å². The van der Waals surface area contributed by atoms with Gasteiger partial charge in [0.05, 0.1) is 6.61 Å². The zero-order chi connectivity index (χ0) is 12.8. The SMILES string of the molecule is CC1CNC(C)(C2CC2)CN1C(C)C1CCOC1. The molecule has 18 heavy (non-hydrogen) atoms. The highest BCUT2D eigenvalue weighted by Gasteiger charge is 2.46. The molecule has 0 aromatic rings. The summed E-state index contributed by atoms with van der Waals surface area (Å²) in [6, 6.07) is 1.33. The van der Waals surface area contributed by atoms with Crippen molar-refractivity contribution in [3.63, 3.8) is 0 Å². The monoisotopic (exact) mass is 252 g/mol. The van der Waals surface area contributed by atoms with Crippen LogP contribution >= 0.6 is 0 Å². The Hall–Kier alpha value is -0.120. The van der Waals surface area contributed by atoms with Gasteiger partial charge in [-0.15, -0.1) is 0 Å². The van der Waals surface area contributed by atoms with Crippen molar-refractivity contribution >= 4 is 0 Å². The quantitative estimate of drug-likeness (QED) is 0.830. The van der Waals surface area contributed by atoms with Gasteiger partial charge in [0.2, 0.25) is 0 Å². The van der Waals surface area contributed by atoms with E-state index in [0.717, 1.165) is 31.6 Å². The van der Waals surface area contributed by atoms with Gasteiger partial charge in [0.25, 0.3) is 0 Å². The van der Waals surface area contributed by atoms with Crippen LogP contribution in [0.1, 0.15) is 40.0 Å². The van der Waals surface area contributed by atoms with E-state index >= 15 is 0 Å². The fraction of sp³-hybridized carbons (Fsp3) is 1.00. The van der Waals surface area contributed by atoms with Gasteiger partial charge in [0, 0.05) is 37.3 Å². The zero-order valence-corrected chi connectivity index (χ0v) is 12.1. The minimum atomic E-state index is 0.361. The zero-order valence-electron chi connectivity index (χ0n) is 12.1. The lowest BCUT2D eigenvalue weighted by Gasteiger charge is -2.49. The molecule has 3 nitrogen and oxygen atoms in total. The molecule has 4 unspecified atom stereocenters. The fourth-order valence-electron chi connectivity index (χ4n) is 3.83. The molecule has 3 fully saturated rings. The summed E-state index contributed by atoms with van der Waals surface area (Å²) < 4.78 is 5.57. The van der Waals surface area contributed by atoms with Crippen molar-refractivity contribution < 1.29 is 4.74 Å². The largest absolute Gasteiger partial charge is 0.381 e. The first-order valence-corrected chi connectivity index (χ1v) is 7.69. The predicted octanol–water partition coefficient (Wildman–Crippen LogP) is 1.87. The van der Waals surface area contributed by atoms with Crippen molar-refractivity contribution in [3.8, 4) is 0 Å². The van der Waals surface area contributed by atoms with Gasteiger partial charge in [0.1, 0.15) is 0 Å².